The summed E-state index contributed by atoms with van der Waals surface area (Å²) in [5, 5.41) is 10.8. The molecule has 1 aromatic carbocycles. The van der Waals surface area contributed by atoms with E-state index >= 15 is 0 Å². The number of nitro groups is 1. The maximum atomic E-state index is 11.4. The standard InChI is InChI=1S/C14H10ClN3O5/c1-7(19)8-2-3-12(11(15)4-8)23-14-10(13(16)20)5-9(6-17-14)18(21)22/h2-6H,1H3,(H2,16,20). The summed E-state index contributed by atoms with van der Waals surface area (Å²) in [4.78, 5) is 36.4. The first-order chi connectivity index (χ1) is 10.8. The maximum Gasteiger partial charge on any atom is 0.288 e. The zero-order chi connectivity index (χ0) is 17.1. The van der Waals surface area contributed by atoms with Crippen LogP contribution in [0.15, 0.2) is 30.5 Å². The third-order valence-corrected chi connectivity index (χ3v) is 3.15. The molecule has 2 aromatic rings. The summed E-state index contributed by atoms with van der Waals surface area (Å²) in [6.45, 7) is 1.38. The number of ether oxygens (including phenoxy) is 1. The third kappa shape index (κ3) is 3.61. The van der Waals surface area contributed by atoms with Crippen molar-refractivity contribution in [3.8, 4) is 11.6 Å². The normalized spacial score (nSPS) is 10.2. The number of Topliss-reactive ketones (excluding diaryl/α,β-unsaturated/α-hetero) is 1. The van der Waals surface area contributed by atoms with Gasteiger partial charge >= 0.3 is 0 Å². The summed E-state index contributed by atoms with van der Waals surface area (Å²) in [6.07, 6.45) is 0.930. The molecule has 8 nitrogen and oxygen atoms in total. The van der Waals surface area contributed by atoms with Gasteiger partial charge in [0, 0.05) is 11.6 Å². The molecule has 9 heteroatoms. The van der Waals surface area contributed by atoms with Crippen LogP contribution >= 0.6 is 11.6 Å². The van der Waals surface area contributed by atoms with Gasteiger partial charge in [-0.25, -0.2) is 4.98 Å². The molecule has 0 spiro atoms. The average Bonchev–Trinajstić information content (AvgIpc) is 2.48. The van der Waals surface area contributed by atoms with Gasteiger partial charge in [0.05, 0.1) is 9.95 Å². The highest BCUT2D eigenvalue weighted by molar-refractivity contribution is 6.32. The molecule has 1 amide bonds. The molecule has 0 fully saturated rings. The number of halogens is 1. The van der Waals surface area contributed by atoms with Gasteiger partial charge in [-0.15, -0.1) is 0 Å². The van der Waals surface area contributed by atoms with Crippen LogP contribution in [0, 0.1) is 10.1 Å². The summed E-state index contributed by atoms with van der Waals surface area (Å²) in [5.74, 6) is -1.21. The first kappa shape index (κ1) is 16.4. The minimum Gasteiger partial charge on any atom is -0.437 e. The van der Waals surface area contributed by atoms with Crippen molar-refractivity contribution in [1.29, 1.82) is 0 Å². The molecule has 1 aromatic heterocycles. The van der Waals surface area contributed by atoms with E-state index in [2.05, 4.69) is 4.98 Å². The molecule has 0 saturated carbocycles. The van der Waals surface area contributed by atoms with Crippen molar-refractivity contribution in [2.24, 2.45) is 5.73 Å². The van der Waals surface area contributed by atoms with Crippen LogP contribution in [0.1, 0.15) is 27.6 Å². The molecular formula is C14H10ClN3O5. The number of hydrogen-bond donors (Lipinski definition) is 1. The SMILES string of the molecule is CC(=O)c1ccc(Oc2ncc([N+](=O)[O-])cc2C(N)=O)c(Cl)c1. The first-order valence-electron chi connectivity index (χ1n) is 6.22. The minimum atomic E-state index is -0.937. The second kappa shape index (κ2) is 6.41. The number of hydrogen-bond acceptors (Lipinski definition) is 6. The maximum absolute atomic E-state index is 11.4. The molecule has 0 aliphatic carbocycles. The van der Waals surface area contributed by atoms with Crippen LogP contribution in [0.5, 0.6) is 11.6 Å². The molecule has 0 atom stereocenters. The van der Waals surface area contributed by atoms with Crippen molar-refractivity contribution in [2.75, 3.05) is 0 Å². The van der Waals surface area contributed by atoms with Gasteiger partial charge in [-0.2, -0.15) is 0 Å². The number of amides is 1. The second-order valence-corrected chi connectivity index (χ2v) is 4.88. The highest BCUT2D eigenvalue weighted by atomic mass is 35.5. The monoisotopic (exact) mass is 335 g/mol. The van der Waals surface area contributed by atoms with Crippen LogP contribution in [-0.4, -0.2) is 21.6 Å². The van der Waals surface area contributed by atoms with E-state index in [0.29, 0.717) is 5.56 Å². The summed E-state index contributed by atoms with van der Waals surface area (Å²) < 4.78 is 5.39. The lowest BCUT2D eigenvalue weighted by Crippen LogP contribution is -2.13. The molecule has 0 aliphatic rings. The third-order valence-electron chi connectivity index (χ3n) is 2.86. The fraction of sp³-hybridized carbons (Fsp3) is 0.0714. The number of benzene rings is 1. The Labute approximate surface area is 135 Å². The minimum absolute atomic E-state index is 0.119. The Hall–Kier alpha value is -3.00. The topological polar surface area (TPSA) is 125 Å². The lowest BCUT2D eigenvalue weighted by Gasteiger charge is -2.10. The highest BCUT2D eigenvalue weighted by Gasteiger charge is 2.19. The number of ketones is 1. The van der Waals surface area contributed by atoms with Crippen molar-refractivity contribution in [1.82, 2.24) is 4.98 Å². The highest BCUT2D eigenvalue weighted by Crippen LogP contribution is 2.32. The number of pyridine rings is 1. The van der Waals surface area contributed by atoms with Crippen molar-refractivity contribution >= 4 is 29.0 Å². The van der Waals surface area contributed by atoms with Crippen LogP contribution in [0.25, 0.3) is 0 Å². The summed E-state index contributed by atoms with van der Waals surface area (Å²) >= 11 is 6.01. The van der Waals surface area contributed by atoms with E-state index in [0.717, 1.165) is 12.3 Å². The van der Waals surface area contributed by atoms with Gasteiger partial charge in [0.25, 0.3) is 11.6 Å². The van der Waals surface area contributed by atoms with Crippen LogP contribution in [0.2, 0.25) is 5.02 Å². The molecule has 0 bridgehead atoms. The predicted molar refractivity (Wildman–Crippen MR) is 80.9 cm³/mol. The Balaban J connectivity index is 2.42. The van der Waals surface area contributed by atoms with E-state index in [-0.39, 0.29) is 28.0 Å². The number of nitrogens with zero attached hydrogens (tertiary/aromatic N) is 2. The average molecular weight is 336 g/mol. The van der Waals surface area contributed by atoms with Gasteiger partial charge in [-0.3, -0.25) is 19.7 Å². The second-order valence-electron chi connectivity index (χ2n) is 4.47. The molecule has 0 aliphatic heterocycles. The summed E-state index contributed by atoms with van der Waals surface area (Å²) in [6, 6.07) is 5.27. The van der Waals surface area contributed by atoms with E-state index in [1.54, 1.807) is 0 Å². The number of rotatable bonds is 5. The van der Waals surface area contributed by atoms with Gasteiger partial charge < -0.3 is 10.5 Å². The van der Waals surface area contributed by atoms with Gasteiger partial charge in [-0.1, -0.05) is 11.6 Å². The largest absolute Gasteiger partial charge is 0.437 e. The van der Waals surface area contributed by atoms with E-state index in [1.807, 2.05) is 0 Å². The van der Waals surface area contributed by atoms with Crippen LogP contribution in [-0.2, 0) is 0 Å². The molecule has 0 radical (unpaired) electrons. The lowest BCUT2D eigenvalue weighted by molar-refractivity contribution is -0.385. The summed E-state index contributed by atoms with van der Waals surface area (Å²) in [5.41, 5.74) is 4.91. The van der Waals surface area contributed by atoms with Crippen LogP contribution < -0.4 is 10.5 Å². The Bertz CT molecular complexity index is 822. The molecular weight excluding hydrogens is 326 g/mol. The Morgan fingerprint density at radius 3 is 2.57 bits per heavy atom. The number of carbonyl (C=O) groups excluding carboxylic acids is 2. The molecule has 2 N–H and O–H groups in total. The van der Waals surface area contributed by atoms with Gasteiger partial charge in [-0.05, 0) is 25.1 Å². The van der Waals surface area contributed by atoms with E-state index in [4.69, 9.17) is 22.1 Å². The molecule has 2 rings (SSSR count). The van der Waals surface area contributed by atoms with Gasteiger partial charge in [0.1, 0.15) is 17.5 Å². The number of primary amides is 1. The predicted octanol–water partition coefficient (Wildman–Crippen LogP) is 2.74. The fourth-order valence-corrected chi connectivity index (χ4v) is 1.92. The zero-order valence-corrected chi connectivity index (χ0v) is 12.5. The number of aromatic nitrogens is 1. The van der Waals surface area contributed by atoms with Crippen LogP contribution in [0.4, 0.5) is 5.69 Å². The molecule has 1 heterocycles. The fourth-order valence-electron chi connectivity index (χ4n) is 1.71. The quantitative estimate of drug-likeness (QED) is 0.508. The first-order valence-corrected chi connectivity index (χ1v) is 6.60. The molecule has 0 unspecified atom stereocenters. The molecule has 0 saturated heterocycles. The molecule has 118 valence electrons. The van der Waals surface area contributed by atoms with Crippen LogP contribution in [0.3, 0.4) is 0 Å². The van der Waals surface area contributed by atoms with Crippen molar-refractivity contribution in [2.45, 2.75) is 6.92 Å². The van der Waals surface area contributed by atoms with Crippen molar-refractivity contribution in [3.63, 3.8) is 0 Å². The molecule has 23 heavy (non-hydrogen) atoms. The smallest absolute Gasteiger partial charge is 0.288 e. The van der Waals surface area contributed by atoms with Gasteiger partial charge in [0.15, 0.2) is 5.78 Å². The van der Waals surface area contributed by atoms with E-state index in [1.165, 1.54) is 25.1 Å². The Morgan fingerprint density at radius 1 is 1.35 bits per heavy atom. The van der Waals surface area contributed by atoms with E-state index < -0.39 is 16.5 Å². The summed E-state index contributed by atoms with van der Waals surface area (Å²) in [7, 11) is 0. The van der Waals surface area contributed by atoms with Crippen molar-refractivity contribution in [3.05, 3.63) is 56.7 Å². The lowest BCUT2D eigenvalue weighted by atomic mass is 10.1. The Kier molecular flexibility index (Phi) is 4.56. The number of carbonyl (C=O) groups is 2. The Morgan fingerprint density at radius 2 is 2.04 bits per heavy atom. The van der Waals surface area contributed by atoms with Crippen molar-refractivity contribution < 1.29 is 19.2 Å². The van der Waals surface area contributed by atoms with E-state index in [9.17, 15) is 19.7 Å². The van der Waals surface area contributed by atoms with Gasteiger partial charge in [0.2, 0.25) is 5.88 Å². The number of nitrogens with two attached hydrogens (primary N) is 1. The zero-order valence-electron chi connectivity index (χ0n) is 11.8.